The number of non-ortho nitro benzene ring substituents is 1. The van der Waals surface area contributed by atoms with Crippen LogP contribution >= 0.6 is 0 Å². The van der Waals surface area contributed by atoms with E-state index in [1.165, 1.54) is 6.07 Å². The van der Waals surface area contributed by atoms with Crippen molar-refractivity contribution in [1.29, 1.82) is 0 Å². The Balaban J connectivity index is 3.04. The first kappa shape index (κ1) is 13.6. The van der Waals surface area contributed by atoms with Gasteiger partial charge in [-0.1, -0.05) is 26.8 Å². The summed E-state index contributed by atoms with van der Waals surface area (Å²) in [7, 11) is 0. The summed E-state index contributed by atoms with van der Waals surface area (Å²) in [6, 6.07) is 4.71. The fraction of sp³-hybridized carbons (Fsp3) is 0.538. The molecule has 0 bridgehead atoms. The van der Waals surface area contributed by atoms with Crippen LogP contribution in [0.25, 0.3) is 0 Å². The number of aryl methyl sites for hydroxylation is 1. The molecule has 4 heteroatoms. The van der Waals surface area contributed by atoms with Crippen molar-refractivity contribution in [2.24, 2.45) is 11.1 Å². The summed E-state index contributed by atoms with van der Waals surface area (Å²) >= 11 is 0. The average molecular weight is 236 g/mol. The molecule has 0 heterocycles. The van der Waals surface area contributed by atoms with Crippen molar-refractivity contribution in [3.05, 3.63) is 39.4 Å². The second-order valence-corrected chi connectivity index (χ2v) is 5.67. The molecule has 1 atom stereocenters. The highest BCUT2D eigenvalue weighted by Crippen LogP contribution is 2.30. The van der Waals surface area contributed by atoms with Gasteiger partial charge in [-0.25, -0.2) is 0 Å². The minimum Gasteiger partial charge on any atom is -0.324 e. The van der Waals surface area contributed by atoms with Crippen LogP contribution in [-0.4, -0.2) is 4.92 Å². The normalized spacial score (nSPS) is 13.5. The number of nitrogens with two attached hydrogens (primary N) is 1. The summed E-state index contributed by atoms with van der Waals surface area (Å²) in [5.74, 6) is 0. The Hall–Kier alpha value is -1.42. The van der Waals surface area contributed by atoms with Gasteiger partial charge in [0, 0.05) is 18.2 Å². The molecular formula is C13H20N2O2. The molecule has 4 nitrogen and oxygen atoms in total. The molecular weight excluding hydrogens is 216 g/mol. The SMILES string of the molecule is Cc1ccc([N+](=O)[O-])cc1C(N)CC(C)(C)C. The van der Waals surface area contributed by atoms with Gasteiger partial charge in [0.1, 0.15) is 0 Å². The zero-order chi connectivity index (χ0) is 13.2. The fourth-order valence-electron chi connectivity index (χ4n) is 1.91. The van der Waals surface area contributed by atoms with Gasteiger partial charge in [0.2, 0.25) is 0 Å². The van der Waals surface area contributed by atoms with Crippen molar-refractivity contribution in [1.82, 2.24) is 0 Å². The molecule has 0 saturated carbocycles. The van der Waals surface area contributed by atoms with E-state index >= 15 is 0 Å². The lowest BCUT2D eigenvalue weighted by molar-refractivity contribution is -0.384. The Morgan fingerprint density at radius 2 is 2.00 bits per heavy atom. The summed E-state index contributed by atoms with van der Waals surface area (Å²) in [6.07, 6.45) is 0.801. The number of hydrogen-bond acceptors (Lipinski definition) is 3. The first-order valence-corrected chi connectivity index (χ1v) is 5.71. The van der Waals surface area contributed by atoms with Crippen molar-refractivity contribution < 1.29 is 4.92 Å². The molecule has 1 aromatic carbocycles. The van der Waals surface area contributed by atoms with Crippen LogP contribution in [-0.2, 0) is 0 Å². The molecule has 2 N–H and O–H groups in total. The van der Waals surface area contributed by atoms with Crippen molar-refractivity contribution in [2.75, 3.05) is 0 Å². The van der Waals surface area contributed by atoms with Crippen molar-refractivity contribution >= 4 is 5.69 Å². The molecule has 0 spiro atoms. The highest BCUT2D eigenvalue weighted by atomic mass is 16.6. The van der Waals surface area contributed by atoms with Crippen molar-refractivity contribution in [3.8, 4) is 0 Å². The maximum Gasteiger partial charge on any atom is 0.269 e. The number of hydrogen-bond donors (Lipinski definition) is 1. The predicted octanol–water partition coefficient (Wildman–Crippen LogP) is 3.34. The quantitative estimate of drug-likeness (QED) is 0.646. The standard InChI is InChI=1S/C13H20N2O2/c1-9-5-6-10(15(16)17)7-11(9)12(14)8-13(2,3)4/h5-7,12H,8,14H2,1-4H3. The summed E-state index contributed by atoms with van der Waals surface area (Å²) in [5, 5.41) is 10.7. The van der Waals surface area contributed by atoms with Gasteiger partial charge < -0.3 is 5.73 Å². The van der Waals surface area contributed by atoms with E-state index in [-0.39, 0.29) is 22.1 Å². The van der Waals surface area contributed by atoms with Crippen LogP contribution in [0.5, 0.6) is 0 Å². The summed E-state index contributed by atoms with van der Waals surface area (Å²) in [6.45, 7) is 8.26. The van der Waals surface area contributed by atoms with Gasteiger partial charge in [0.05, 0.1) is 4.92 Å². The second-order valence-electron chi connectivity index (χ2n) is 5.67. The lowest BCUT2D eigenvalue weighted by Crippen LogP contribution is -2.19. The van der Waals surface area contributed by atoms with Gasteiger partial charge in [-0.05, 0) is 29.9 Å². The van der Waals surface area contributed by atoms with Crippen LogP contribution in [0.2, 0.25) is 0 Å². The van der Waals surface area contributed by atoms with Crippen LogP contribution in [0.3, 0.4) is 0 Å². The predicted molar refractivity (Wildman–Crippen MR) is 68.8 cm³/mol. The maximum atomic E-state index is 10.7. The van der Waals surface area contributed by atoms with E-state index in [4.69, 9.17) is 5.73 Å². The molecule has 1 aromatic rings. The Labute approximate surface area is 102 Å². The van der Waals surface area contributed by atoms with E-state index < -0.39 is 0 Å². The molecule has 0 saturated heterocycles. The molecule has 0 aliphatic heterocycles. The van der Waals surface area contributed by atoms with Gasteiger partial charge >= 0.3 is 0 Å². The third kappa shape index (κ3) is 3.82. The molecule has 0 aliphatic rings. The number of nitro groups is 1. The van der Waals surface area contributed by atoms with Crippen LogP contribution in [0.1, 0.15) is 44.4 Å². The zero-order valence-electron chi connectivity index (χ0n) is 10.9. The molecule has 0 aliphatic carbocycles. The number of nitro benzene ring substituents is 1. The Morgan fingerprint density at radius 3 is 2.47 bits per heavy atom. The average Bonchev–Trinajstić information content (AvgIpc) is 2.14. The maximum absolute atomic E-state index is 10.7. The second kappa shape index (κ2) is 4.84. The summed E-state index contributed by atoms with van der Waals surface area (Å²) in [4.78, 5) is 10.4. The molecule has 0 fully saturated rings. The van der Waals surface area contributed by atoms with Crippen LogP contribution in [0, 0.1) is 22.5 Å². The third-order valence-corrected chi connectivity index (χ3v) is 2.71. The summed E-state index contributed by atoms with van der Waals surface area (Å²) < 4.78 is 0. The zero-order valence-corrected chi connectivity index (χ0v) is 10.9. The lowest BCUT2D eigenvalue weighted by atomic mass is 9.84. The van der Waals surface area contributed by atoms with Gasteiger partial charge in [-0.15, -0.1) is 0 Å². The topological polar surface area (TPSA) is 69.2 Å². The van der Waals surface area contributed by atoms with Crippen LogP contribution < -0.4 is 5.73 Å². The molecule has 0 amide bonds. The van der Waals surface area contributed by atoms with E-state index in [9.17, 15) is 10.1 Å². The van der Waals surface area contributed by atoms with Crippen LogP contribution in [0.4, 0.5) is 5.69 Å². The Morgan fingerprint density at radius 1 is 1.41 bits per heavy atom. The van der Waals surface area contributed by atoms with Crippen molar-refractivity contribution in [2.45, 2.75) is 40.2 Å². The van der Waals surface area contributed by atoms with Gasteiger partial charge in [0.25, 0.3) is 5.69 Å². The molecule has 17 heavy (non-hydrogen) atoms. The highest BCUT2D eigenvalue weighted by Gasteiger charge is 2.20. The fourth-order valence-corrected chi connectivity index (χ4v) is 1.91. The smallest absolute Gasteiger partial charge is 0.269 e. The lowest BCUT2D eigenvalue weighted by Gasteiger charge is -2.24. The Bertz CT molecular complexity index is 422. The van der Waals surface area contributed by atoms with Crippen LogP contribution in [0.15, 0.2) is 18.2 Å². The first-order chi connectivity index (χ1) is 7.70. The monoisotopic (exact) mass is 236 g/mol. The van der Waals surface area contributed by atoms with Gasteiger partial charge in [0.15, 0.2) is 0 Å². The third-order valence-electron chi connectivity index (χ3n) is 2.71. The van der Waals surface area contributed by atoms with E-state index in [0.29, 0.717) is 0 Å². The Kier molecular flexibility index (Phi) is 3.88. The molecule has 1 unspecified atom stereocenters. The minimum absolute atomic E-state index is 0.106. The largest absolute Gasteiger partial charge is 0.324 e. The van der Waals surface area contributed by atoms with E-state index in [0.717, 1.165) is 17.5 Å². The van der Waals surface area contributed by atoms with E-state index in [2.05, 4.69) is 20.8 Å². The van der Waals surface area contributed by atoms with E-state index in [1.54, 1.807) is 12.1 Å². The van der Waals surface area contributed by atoms with Crippen molar-refractivity contribution in [3.63, 3.8) is 0 Å². The van der Waals surface area contributed by atoms with E-state index in [1.807, 2.05) is 6.92 Å². The van der Waals surface area contributed by atoms with Gasteiger partial charge in [-0.2, -0.15) is 0 Å². The first-order valence-electron chi connectivity index (χ1n) is 5.71. The number of nitrogens with zero attached hydrogens (tertiary/aromatic N) is 1. The number of rotatable bonds is 3. The molecule has 0 aromatic heterocycles. The molecule has 94 valence electrons. The molecule has 0 radical (unpaired) electrons. The highest BCUT2D eigenvalue weighted by molar-refractivity contribution is 5.40. The minimum atomic E-state index is -0.382. The molecule has 1 rings (SSSR count). The van der Waals surface area contributed by atoms with Gasteiger partial charge in [-0.3, -0.25) is 10.1 Å². The number of benzene rings is 1. The summed E-state index contributed by atoms with van der Waals surface area (Å²) in [5.41, 5.74) is 8.22.